The predicted molar refractivity (Wildman–Crippen MR) is 369 cm³/mol. The first-order valence-corrected chi connectivity index (χ1v) is 38.8. The van der Waals surface area contributed by atoms with E-state index in [1.165, 1.54) is 281 Å². The summed E-state index contributed by atoms with van der Waals surface area (Å²) in [5, 5.41) is 2.94. The fraction of sp³-hybridized carbons (Fsp3) is 0.737. The van der Waals surface area contributed by atoms with Crippen LogP contribution in [0.3, 0.4) is 0 Å². The minimum Gasteiger partial charge on any atom is -0.744 e. The van der Waals surface area contributed by atoms with Gasteiger partial charge in [-0.05, 0) is 107 Å². The molecule has 0 atom stereocenters. The summed E-state index contributed by atoms with van der Waals surface area (Å²) in [5.74, 6) is 0. The predicted octanol–water partition coefficient (Wildman–Crippen LogP) is 24.1. The molecule has 0 spiro atoms. The maximum atomic E-state index is 12.1. The fourth-order valence-electron chi connectivity index (χ4n) is 12.6. The van der Waals surface area contributed by atoms with Gasteiger partial charge in [0.25, 0.3) is 0 Å². The van der Waals surface area contributed by atoms with Crippen LogP contribution in [0.2, 0.25) is 0 Å². The van der Waals surface area contributed by atoms with Crippen LogP contribution in [-0.2, 0) is 45.9 Å². The molecule has 0 unspecified atom stereocenters. The van der Waals surface area contributed by atoms with E-state index < -0.39 is 20.2 Å². The first-order valence-electron chi connectivity index (χ1n) is 35.9. The van der Waals surface area contributed by atoms with Crippen LogP contribution in [0.1, 0.15) is 358 Å². The van der Waals surface area contributed by atoms with Gasteiger partial charge in [-0.2, -0.15) is 0 Å². The molecule has 0 amide bonds. The standard InChI is InChI=1S/2C38H64O3S.Ca/c2*1-3-5-7-9-11-13-15-17-19-21-23-25-27-34-29-30-37-36(31-34)32-35(33-38(37)42(39,40)41)28-26-24-22-20-18-16-14-12-10-8-6-4-2;/h2*29-33H,3-28H2,1-2H3,(H,39,40,41);/q;;+2/p-2. The number of fused-ring (bicyclic) bond motifs is 2. The Kier molecular flexibility index (Phi) is 48.8. The molecule has 0 fully saturated rings. The van der Waals surface area contributed by atoms with E-state index >= 15 is 0 Å². The molecule has 0 aromatic heterocycles. The molecule has 0 aliphatic rings. The summed E-state index contributed by atoms with van der Waals surface area (Å²) >= 11 is 0. The number of benzene rings is 4. The van der Waals surface area contributed by atoms with Crippen LogP contribution in [0.25, 0.3) is 21.5 Å². The van der Waals surface area contributed by atoms with E-state index in [4.69, 9.17) is 0 Å². The number of rotatable bonds is 54. The molecule has 6 nitrogen and oxygen atoms in total. The van der Waals surface area contributed by atoms with Crippen LogP contribution in [0.5, 0.6) is 0 Å². The average molecular weight is 1240 g/mol. The minimum absolute atomic E-state index is 0. The molecule has 480 valence electrons. The van der Waals surface area contributed by atoms with Gasteiger partial charge in [-0.1, -0.05) is 359 Å². The Morgan fingerprint density at radius 2 is 0.424 bits per heavy atom. The Morgan fingerprint density at radius 1 is 0.247 bits per heavy atom. The molecule has 4 aromatic carbocycles. The van der Waals surface area contributed by atoms with Gasteiger partial charge in [0, 0.05) is 0 Å². The topological polar surface area (TPSA) is 114 Å². The normalized spacial score (nSPS) is 11.8. The summed E-state index contributed by atoms with van der Waals surface area (Å²) < 4.78 is 72.6. The van der Waals surface area contributed by atoms with Crippen molar-refractivity contribution in [1.82, 2.24) is 0 Å². The molecule has 85 heavy (non-hydrogen) atoms. The van der Waals surface area contributed by atoms with Crippen LogP contribution < -0.4 is 0 Å². The number of hydrogen-bond acceptors (Lipinski definition) is 6. The number of aryl methyl sites for hydroxylation is 4. The van der Waals surface area contributed by atoms with E-state index in [-0.39, 0.29) is 47.5 Å². The molecule has 0 radical (unpaired) electrons. The maximum Gasteiger partial charge on any atom is 2.00 e. The SMILES string of the molecule is CCCCCCCCCCCCCCc1ccc2c(S(=O)(=O)[O-])cc(CCCCCCCCCCCCCC)cc2c1.CCCCCCCCCCCCCCc1ccc2c(S(=O)(=O)[O-])cc(CCCCCCCCCCCCCC)cc2c1.[Ca+2]. The average Bonchev–Trinajstić information content (AvgIpc) is 2.59. The van der Waals surface area contributed by atoms with Gasteiger partial charge in [-0.3, -0.25) is 0 Å². The zero-order valence-electron chi connectivity index (χ0n) is 55.5. The van der Waals surface area contributed by atoms with Crippen molar-refractivity contribution in [3.8, 4) is 0 Å². The fourth-order valence-corrected chi connectivity index (χ4v) is 14.1. The summed E-state index contributed by atoms with van der Waals surface area (Å²) in [5.41, 5.74) is 4.44. The molecule has 0 aliphatic carbocycles. The molecule has 9 heteroatoms. The zero-order chi connectivity index (χ0) is 60.6. The molecule has 0 saturated carbocycles. The van der Waals surface area contributed by atoms with E-state index in [1.54, 1.807) is 12.1 Å². The van der Waals surface area contributed by atoms with Gasteiger partial charge in [0.2, 0.25) is 0 Å². The first kappa shape index (κ1) is 79.6. The first-order chi connectivity index (χ1) is 40.9. The maximum absolute atomic E-state index is 12.1. The summed E-state index contributed by atoms with van der Waals surface area (Å²) in [7, 11) is -9.02. The van der Waals surface area contributed by atoms with Gasteiger partial charge < -0.3 is 9.11 Å². The summed E-state index contributed by atoms with van der Waals surface area (Å²) in [6, 6.07) is 19.5. The third kappa shape index (κ3) is 39.4. The number of unbranched alkanes of at least 4 members (excludes halogenated alkanes) is 44. The van der Waals surface area contributed by atoms with Gasteiger partial charge in [0.1, 0.15) is 20.2 Å². The van der Waals surface area contributed by atoms with Gasteiger partial charge in [0.05, 0.1) is 9.79 Å². The molecule has 4 aromatic rings. The van der Waals surface area contributed by atoms with E-state index in [0.717, 1.165) is 86.1 Å². The second kappa shape index (κ2) is 52.1. The van der Waals surface area contributed by atoms with Crippen LogP contribution in [0, 0.1) is 0 Å². The van der Waals surface area contributed by atoms with Crippen molar-refractivity contribution in [2.75, 3.05) is 0 Å². The molecular formula is C76H126CaO6S2. The zero-order valence-corrected chi connectivity index (χ0v) is 59.4. The van der Waals surface area contributed by atoms with Crippen molar-refractivity contribution in [3.05, 3.63) is 82.9 Å². The van der Waals surface area contributed by atoms with E-state index in [0.29, 0.717) is 10.8 Å². The summed E-state index contributed by atoms with van der Waals surface area (Å²) in [4.78, 5) is -0.100. The molecule has 0 saturated heterocycles. The molecule has 0 heterocycles. The Bertz CT molecular complexity index is 2290. The third-order valence-corrected chi connectivity index (χ3v) is 19.6. The van der Waals surface area contributed by atoms with E-state index in [2.05, 4.69) is 52.0 Å². The third-order valence-electron chi connectivity index (χ3n) is 17.9. The second-order valence-corrected chi connectivity index (χ2v) is 28.5. The monoisotopic (exact) mass is 1240 g/mol. The van der Waals surface area contributed by atoms with Crippen molar-refractivity contribution in [1.29, 1.82) is 0 Å². The molecule has 0 N–H and O–H groups in total. The molecule has 0 bridgehead atoms. The molecule has 0 aliphatic heterocycles. The van der Waals surface area contributed by atoms with Gasteiger partial charge in [-0.25, -0.2) is 16.8 Å². The smallest absolute Gasteiger partial charge is 0.744 e. The largest absolute Gasteiger partial charge is 2.00 e. The van der Waals surface area contributed by atoms with E-state index in [1.807, 2.05) is 24.3 Å². The van der Waals surface area contributed by atoms with Crippen LogP contribution in [0.15, 0.2) is 70.5 Å². The molecule has 4 rings (SSSR count). The summed E-state index contributed by atoms with van der Waals surface area (Å²) in [6.45, 7) is 9.08. The quantitative estimate of drug-likeness (QED) is 0.0247. The van der Waals surface area contributed by atoms with Crippen molar-refractivity contribution >= 4 is 79.5 Å². The minimum atomic E-state index is -4.51. The van der Waals surface area contributed by atoms with Crippen molar-refractivity contribution < 1.29 is 25.9 Å². The Balaban J connectivity index is 0.000000573. The van der Waals surface area contributed by atoms with Crippen LogP contribution >= 0.6 is 0 Å². The van der Waals surface area contributed by atoms with Crippen molar-refractivity contribution in [3.63, 3.8) is 0 Å². The summed E-state index contributed by atoms with van der Waals surface area (Å²) in [6.07, 6.45) is 67.1. The van der Waals surface area contributed by atoms with Crippen LogP contribution in [0.4, 0.5) is 0 Å². The van der Waals surface area contributed by atoms with Crippen LogP contribution in [-0.4, -0.2) is 63.7 Å². The number of hydrogen-bond donors (Lipinski definition) is 0. The second-order valence-electron chi connectivity index (χ2n) is 25.8. The van der Waals surface area contributed by atoms with Gasteiger partial charge in [-0.15, -0.1) is 0 Å². The van der Waals surface area contributed by atoms with E-state index in [9.17, 15) is 25.9 Å². The van der Waals surface area contributed by atoms with Gasteiger partial charge in [0.15, 0.2) is 0 Å². The Morgan fingerprint density at radius 3 is 0.624 bits per heavy atom. The Hall–Kier alpha value is -1.52. The Labute approximate surface area is 555 Å². The van der Waals surface area contributed by atoms with Crippen molar-refractivity contribution in [2.24, 2.45) is 0 Å². The van der Waals surface area contributed by atoms with Crippen molar-refractivity contribution in [2.45, 2.75) is 371 Å². The molecular weight excluding hydrogens is 1110 g/mol. The van der Waals surface area contributed by atoms with Gasteiger partial charge >= 0.3 is 37.7 Å².